The maximum Gasteiger partial charge on any atom is 0.278 e. The predicted octanol–water partition coefficient (Wildman–Crippen LogP) is 2.11. The van der Waals surface area contributed by atoms with Crippen LogP contribution in [0.25, 0.3) is 6.08 Å². The van der Waals surface area contributed by atoms with E-state index in [-0.39, 0.29) is 0 Å². The molecule has 2 aliphatic rings. The van der Waals surface area contributed by atoms with Crippen molar-refractivity contribution in [2.24, 2.45) is 16.9 Å². The monoisotopic (exact) mass is 330 g/mol. The molecule has 0 aromatic heterocycles. The van der Waals surface area contributed by atoms with E-state index in [1.54, 1.807) is 0 Å². The molecule has 2 saturated heterocycles. The van der Waals surface area contributed by atoms with Crippen molar-refractivity contribution in [1.29, 1.82) is 0 Å². The Hall–Kier alpha value is -2.41. The molecule has 0 bridgehead atoms. The van der Waals surface area contributed by atoms with E-state index >= 15 is 0 Å². The number of nitro groups is 1. The summed E-state index contributed by atoms with van der Waals surface area (Å²) in [5.41, 5.74) is 1.05. The zero-order valence-electron chi connectivity index (χ0n) is 13.7. The number of rotatable bonds is 5. The van der Waals surface area contributed by atoms with Crippen LogP contribution in [0.15, 0.2) is 41.6 Å². The Balaban J connectivity index is 1.73. The van der Waals surface area contributed by atoms with Gasteiger partial charge in [-0.3, -0.25) is 0 Å². The summed E-state index contributed by atoms with van der Waals surface area (Å²) >= 11 is 0. The van der Waals surface area contributed by atoms with Crippen LogP contribution in [0.5, 0.6) is 0 Å². The molecule has 128 valence electrons. The summed E-state index contributed by atoms with van der Waals surface area (Å²) in [5, 5.41) is 13.9. The molecule has 2 unspecified atom stereocenters. The van der Waals surface area contributed by atoms with E-state index in [4.69, 9.17) is 4.74 Å². The molecule has 1 aromatic rings. The largest absolute Gasteiger partial charge is 0.381 e. The van der Waals surface area contributed by atoms with Crippen LogP contribution in [0.1, 0.15) is 12.5 Å². The third kappa shape index (κ3) is 3.91. The summed E-state index contributed by atoms with van der Waals surface area (Å²) in [6.07, 6.45) is 3.81. The third-order valence-electron chi connectivity index (χ3n) is 4.54. The molecule has 2 aliphatic heterocycles. The molecule has 0 aliphatic carbocycles. The topological polar surface area (TPSA) is 71.2 Å². The van der Waals surface area contributed by atoms with Gasteiger partial charge in [0.15, 0.2) is 5.03 Å². The van der Waals surface area contributed by atoms with E-state index in [1.165, 1.54) is 0 Å². The van der Waals surface area contributed by atoms with E-state index in [1.807, 2.05) is 52.4 Å². The second-order valence-electron chi connectivity index (χ2n) is 6.28. The first-order valence-corrected chi connectivity index (χ1v) is 8.19. The maximum absolute atomic E-state index is 10.9. The fourth-order valence-electron chi connectivity index (χ4n) is 3.08. The van der Waals surface area contributed by atoms with Gasteiger partial charge < -0.3 is 14.5 Å². The summed E-state index contributed by atoms with van der Waals surface area (Å²) < 4.78 is 5.50. The van der Waals surface area contributed by atoms with Crippen LogP contribution in [0.3, 0.4) is 0 Å². The minimum Gasteiger partial charge on any atom is -0.381 e. The summed E-state index contributed by atoms with van der Waals surface area (Å²) in [6, 6.07) is 9.87. The van der Waals surface area contributed by atoms with Gasteiger partial charge in [0.1, 0.15) is 5.10 Å². The molecule has 0 radical (unpaired) electrons. The van der Waals surface area contributed by atoms with Gasteiger partial charge in [-0.05, 0) is 17.6 Å². The lowest BCUT2D eigenvalue weighted by atomic mass is 9.98. The Morgan fingerprint density at radius 1 is 1.33 bits per heavy atom. The van der Waals surface area contributed by atoms with Gasteiger partial charge in [-0.2, -0.15) is 0 Å². The van der Waals surface area contributed by atoms with Gasteiger partial charge in [0.2, 0.25) is 0 Å². The van der Waals surface area contributed by atoms with E-state index < -0.39 is 5.03 Å². The molecule has 7 nitrogen and oxygen atoms in total. The van der Waals surface area contributed by atoms with Crippen LogP contribution in [0, 0.1) is 22.0 Å². The smallest absolute Gasteiger partial charge is 0.278 e. The summed E-state index contributed by atoms with van der Waals surface area (Å²) in [4.78, 5) is 14.8. The van der Waals surface area contributed by atoms with Gasteiger partial charge in [-0.25, -0.2) is 10.1 Å². The highest BCUT2D eigenvalue weighted by atomic mass is 16.7. The molecule has 7 heteroatoms. The Bertz CT molecular complexity index is 632. The van der Waals surface area contributed by atoms with Crippen molar-refractivity contribution >= 4 is 12.0 Å². The average Bonchev–Trinajstić information content (AvgIpc) is 3.14. The SMILES string of the molecule is CC1COCC1CN1CCN(C=Cc2ccccc2)C1=N[N+](=O)[O-]. The van der Waals surface area contributed by atoms with Crippen molar-refractivity contribution in [3.63, 3.8) is 0 Å². The molecule has 0 saturated carbocycles. The molecule has 0 N–H and O–H groups in total. The van der Waals surface area contributed by atoms with Gasteiger partial charge in [0.25, 0.3) is 5.96 Å². The highest BCUT2D eigenvalue weighted by Crippen LogP contribution is 2.23. The zero-order valence-corrected chi connectivity index (χ0v) is 13.7. The molecular weight excluding hydrogens is 308 g/mol. The van der Waals surface area contributed by atoms with Crippen molar-refractivity contribution in [3.05, 3.63) is 52.2 Å². The number of guanidine groups is 1. The van der Waals surface area contributed by atoms with Crippen molar-refractivity contribution in [3.8, 4) is 0 Å². The Morgan fingerprint density at radius 3 is 2.79 bits per heavy atom. The summed E-state index contributed by atoms with van der Waals surface area (Å²) in [7, 11) is 0. The predicted molar refractivity (Wildman–Crippen MR) is 91.7 cm³/mol. The summed E-state index contributed by atoms with van der Waals surface area (Å²) in [5.74, 6) is 1.27. The Labute approximate surface area is 141 Å². The van der Waals surface area contributed by atoms with Gasteiger partial charge in [-0.1, -0.05) is 37.3 Å². The Morgan fingerprint density at radius 2 is 2.12 bits per heavy atom. The van der Waals surface area contributed by atoms with Crippen molar-refractivity contribution in [2.45, 2.75) is 6.92 Å². The standard InChI is InChI=1S/C17H22N4O3/c1-14-12-24-13-16(14)11-20-10-9-19(17(20)18-21(22)23)8-7-15-5-3-2-4-6-15/h2-8,14,16H,9-13H2,1H3. The number of hydrazone groups is 1. The zero-order chi connectivity index (χ0) is 16.9. The molecule has 2 atom stereocenters. The second kappa shape index (κ2) is 7.44. The first-order valence-electron chi connectivity index (χ1n) is 8.19. The van der Waals surface area contributed by atoms with E-state index in [0.29, 0.717) is 30.9 Å². The normalized spacial score (nSPS) is 26.0. The molecule has 0 amide bonds. The van der Waals surface area contributed by atoms with Crippen LogP contribution in [-0.2, 0) is 4.74 Å². The minimum absolute atomic E-state index is 0.389. The number of ether oxygens (including phenoxy) is 1. The number of hydrogen-bond donors (Lipinski definition) is 0. The Kier molecular flexibility index (Phi) is 5.10. The maximum atomic E-state index is 10.9. The fourth-order valence-corrected chi connectivity index (χ4v) is 3.08. The van der Waals surface area contributed by atoms with E-state index in [9.17, 15) is 10.1 Å². The van der Waals surface area contributed by atoms with Crippen LogP contribution in [-0.4, -0.2) is 53.6 Å². The average molecular weight is 330 g/mol. The minimum atomic E-state index is -0.619. The van der Waals surface area contributed by atoms with E-state index in [0.717, 1.165) is 25.3 Å². The molecular formula is C17H22N4O3. The molecule has 24 heavy (non-hydrogen) atoms. The molecule has 2 heterocycles. The first-order chi connectivity index (χ1) is 11.6. The second-order valence-corrected chi connectivity index (χ2v) is 6.28. The lowest BCUT2D eigenvalue weighted by molar-refractivity contribution is -0.486. The highest BCUT2D eigenvalue weighted by Gasteiger charge is 2.33. The number of benzene rings is 1. The quantitative estimate of drug-likeness (QED) is 0.611. The van der Waals surface area contributed by atoms with Crippen LogP contribution in [0.4, 0.5) is 0 Å². The summed E-state index contributed by atoms with van der Waals surface area (Å²) in [6.45, 7) is 5.79. The van der Waals surface area contributed by atoms with Gasteiger partial charge >= 0.3 is 0 Å². The lowest BCUT2D eigenvalue weighted by Crippen LogP contribution is -2.37. The van der Waals surface area contributed by atoms with Crippen LogP contribution < -0.4 is 0 Å². The molecule has 1 aromatic carbocycles. The molecule has 2 fully saturated rings. The first kappa shape index (κ1) is 16.4. The molecule has 3 rings (SSSR count). The lowest BCUT2D eigenvalue weighted by Gasteiger charge is -2.23. The third-order valence-corrected chi connectivity index (χ3v) is 4.54. The van der Waals surface area contributed by atoms with Gasteiger partial charge in [0.05, 0.1) is 6.61 Å². The van der Waals surface area contributed by atoms with Gasteiger partial charge in [-0.15, -0.1) is 0 Å². The number of nitrogens with zero attached hydrogens (tertiary/aromatic N) is 4. The van der Waals surface area contributed by atoms with Gasteiger partial charge in [0, 0.05) is 38.4 Å². The van der Waals surface area contributed by atoms with Crippen LogP contribution in [0.2, 0.25) is 0 Å². The molecule has 0 spiro atoms. The van der Waals surface area contributed by atoms with Crippen LogP contribution >= 0.6 is 0 Å². The fraction of sp³-hybridized carbons (Fsp3) is 0.471. The van der Waals surface area contributed by atoms with E-state index in [2.05, 4.69) is 12.0 Å². The van der Waals surface area contributed by atoms with Crippen molar-refractivity contribution < 1.29 is 9.77 Å². The highest BCUT2D eigenvalue weighted by molar-refractivity contribution is 5.83. The van der Waals surface area contributed by atoms with Crippen molar-refractivity contribution in [1.82, 2.24) is 9.80 Å². The van der Waals surface area contributed by atoms with Crippen molar-refractivity contribution in [2.75, 3.05) is 32.8 Å². The number of hydrogen-bond acceptors (Lipinski definition) is 3.